The van der Waals surface area contributed by atoms with Crippen molar-refractivity contribution < 1.29 is 4.39 Å². The van der Waals surface area contributed by atoms with Gasteiger partial charge in [-0.05, 0) is 61.9 Å². The van der Waals surface area contributed by atoms with E-state index in [0.29, 0.717) is 18.7 Å². The second-order valence-corrected chi connectivity index (χ2v) is 8.18. The average Bonchev–Trinajstić information content (AvgIpc) is 2.76. The van der Waals surface area contributed by atoms with Gasteiger partial charge in [-0.3, -0.25) is 0 Å². The maximum Gasteiger partial charge on any atom is 0.123 e. The highest BCUT2D eigenvalue weighted by Crippen LogP contribution is 2.42. The monoisotopic (exact) mass is 426 g/mol. The molecule has 0 bridgehead atoms. The smallest absolute Gasteiger partial charge is 0.123 e. The first kappa shape index (κ1) is 23.7. The molecule has 0 aliphatic heterocycles. The summed E-state index contributed by atoms with van der Waals surface area (Å²) in [6.45, 7) is 6.51. The molecule has 30 heavy (non-hydrogen) atoms. The van der Waals surface area contributed by atoms with Crippen molar-refractivity contribution in [1.29, 1.82) is 0 Å². The van der Waals surface area contributed by atoms with Crippen molar-refractivity contribution in [2.24, 2.45) is 21.9 Å². The van der Waals surface area contributed by atoms with E-state index in [1.165, 1.54) is 17.7 Å². The van der Waals surface area contributed by atoms with Gasteiger partial charge in [-0.15, -0.1) is 18.3 Å². The summed E-state index contributed by atoms with van der Waals surface area (Å²) in [5, 5.41) is 3.08. The number of thioether (sulfide) groups is 1. The molecule has 1 aliphatic carbocycles. The fourth-order valence-corrected chi connectivity index (χ4v) is 4.37. The molecule has 1 aromatic carbocycles. The number of aliphatic imine (C=N–C) groups is 1. The predicted octanol–water partition coefficient (Wildman–Crippen LogP) is 4.96. The molecule has 5 N–H and O–H groups in total. The Kier molecular flexibility index (Phi) is 9.15. The lowest BCUT2D eigenvalue weighted by atomic mass is 9.69. The van der Waals surface area contributed by atoms with Crippen LogP contribution >= 0.6 is 11.8 Å². The van der Waals surface area contributed by atoms with E-state index in [1.54, 1.807) is 30.1 Å². The molecule has 0 spiro atoms. The largest absolute Gasteiger partial charge is 0.404 e. The number of benzene rings is 1. The van der Waals surface area contributed by atoms with Crippen LogP contribution in [0.25, 0.3) is 0 Å². The normalized spacial score (nSPS) is 22.5. The van der Waals surface area contributed by atoms with E-state index in [4.69, 9.17) is 16.5 Å². The Morgan fingerprint density at radius 2 is 2.10 bits per heavy atom. The zero-order chi connectivity index (χ0) is 22.0. The summed E-state index contributed by atoms with van der Waals surface area (Å²) in [5.74, 6) is 0.607. The van der Waals surface area contributed by atoms with Gasteiger partial charge >= 0.3 is 0 Å². The molecule has 4 nitrogen and oxygen atoms in total. The Labute approximate surface area is 183 Å². The van der Waals surface area contributed by atoms with E-state index >= 15 is 0 Å². The van der Waals surface area contributed by atoms with Gasteiger partial charge in [0.1, 0.15) is 5.82 Å². The molecule has 160 valence electrons. The van der Waals surface area contributed by atoms with Crippen LogP contribution in [0.3, 0.4) is 0 Å². The third-order valence-corrected chi connectivity index (χ3v) is 6.07. The first-order chi connectivity index (χ1) is 14.5. The number of nitrogens with two attached hydrogens (primary N) is 2. The molecule has 6 heteroatoms. The minimum Gasteiger partial charge on any atom is -0.404 e. The van der Waals surface area contributed by atoms with Gasteiger partial charge in [-0.25, -0.2) is 9.38 Å². The van der Waals surface area contributed by atoms with Crippen molar-refractivity contribution in [3.05, 3.63) is 89.4 Å². The van der Waals surface area contributed by atoms with Crippen molar-refractivity contribution in [1.82, 2.24) is 5.32 Å². The molecule has 0 saturated heterocycles. The highest BCUT2D eigenvalue weighted by Gasteiger charge is 2.35. The van der Waals surface area contributed by atoms with Gasteiger partial charge in [0.25, 0.3) is 0 Å². The number of rotatable bonds is 9. The fourth-order valence-electron chi connectivity index (χ4n) is 3.38. The van der Waals surface area contributed by atoms with E-state index in [2.05, 4.69) is 24.0 Å². The van der Waals surface area contributed by atoms with Gasteiger partial charge in [0, 0.05) is 35.9 Å². The minimum absolute atomic E-state index is 0.286. The van der Waals surface area contributed by atoms with Gasteiger partial charge in [0.15, 0.2) is 0 Å². The van der Waals surface area contributed by atoms with E-state index < -0.39 is 0 Å². The van der Waals surface area contributed by atoms with Crippen LogP contribution < -0.4 is 16.8 Å². The van der Waals surface area contributed by atoms with Crippen LogP contribution in [0, 0.1) is 11.2 Å². The molecule has 0 amide bonds. The van der Waals surface area contributed by atoms with Crippen LogP contribution in [0.5, 0.6) is 0 Å². The average molecular weight is 427 g/mol. The quantitative estimate of drug-likeness (QED) is 0.385. The standard InChI is InChI=1S/C24H31FN4S/c1-4-6-22(16-28-3)30-12-11-19-13-23(29-21-9-7-20(25)8-10-21)18(15-26)14-24(19,5-2)17-27/h4-10,13,15-16,28H,2,11-12,14,17,26-27H2,1,3H3/b6-4-,18-15?,22-16+,29-23?. The van der Waals surface area contributed by atoms with Gasteiger partial charge in [0.05, 0.1) is 11.4 Å². The predicted molar refractivity (Wildman–Crippen MR) is 129 cm³/mol. The van der Waals surface area contributed by atoms with Crippen LogP contribution in [0.2, 0.25) is 0 Å². The molecule has 0 saturated carbocycles. The summed E-state index contributed by atoms with van der Waals surface area (Å²) in [7, 11) is 1.89. The van der Waals surface area contributed by atoms with E-state index in [0.717, 1.165) is 28.4 Å². The Morgan fingerprint density at radius 1 is 1.37 bits per heavy atom. The number of nitrogens with one attached hydrogen (secondary N) is 1. The van der Waals surface area contributed by atoms with Crippen molar-refractivity contribution in [2.45, 2.75) is 19.8 Å². The topological polar surface area (TPSA) is 76.4 Å². The first-order valence-electron chi connectivity index (χ1n) is 9.95. The number of nitrogens with zero attached hydrogens (tertiary/aromatic N) is 1. The van der Waals surface area contributed by atoms with Crippen LogP contribution in [0.1, 0.15) is 19.8 Å². The molecular formula is C24H31FN4S. The summed E-state index contributed by atoms with van der Waals surface area (Å²) < 4.78 is 13.2. The summed E-state index contributed by atoms with van der Waals surface area (Å²) in [6.07, 6.45) is 13.2. The van der Waals surface area contributed by atoms with Crippen LogP contribution in [-0.2, 0) is 0 Å². The summed E-state index contributed by atoms with van der Waals surface area (Å²) in [4.78, 5) is 5.87. The molecular weight excluding hydrogens is 395 g/mol. The maximum absolute atomic E-state index is 13.2. The van der Waals surface area contributed by atoms with Gasteiger partial charge in [-0.1, -0.05) is 23.8 Å². The van der Waals surface area contributed by atoms with E-state index in [1.807, 2.05) is 32.3 Å². The van der Waals surface area contributed by atoms with Crippen LogP contribution in [0.4, 0.5) is 10.1 Å². The summed E-state index contributed by atoms with van der Waals surface area (Å²) in [6, 6.07) is 6.12. The van der Waals surface area contributed by atoms with Crippen molar-refractivity contribution in [3.63, 3.8) is 0 Å². The maximum atomic E-state index is 13.2. The fraction of sp³-hybridized carbons (Fsp3) is 0.292. The highest BCUT2D eigenvalue weighted by molar-refractivity contribution is 8.03. The molecule has 0 heterocycles. The Bertz CT molecular complexity index is 881. The lowest BCUT2D eigenvalue weighted by molar-refractivity contribution is 0.457. The SMILES string of the molecule is C=CC1(CN)CC(=CN)C(=Nc2ccc(F)cc2)C=C1CCSC(/C=C\C)=C/NC. The second kappa shape index (κ2) is 11.6. The molecule has 0 aromatic heterocycles. The lowest BCUT2D eigenvalue weighted by Gasteiger charge is -2.37. The summed E-state index contributed by atoms with van der Waals surface area (Å²) in [5.41, 5.74) is 15.3. The van der Waals surface area contributed by atoms with Crippen molar-refractivity contribution >= 4 is 23.2 Å². The zero-order valence-corrected chi connectivity index (χ0v) is 18.5. The summed E-state index contributed by atoms with van der Waals surface area (Å²) >= 11 is 1.77. The highest BCUT2D eigenvalue weighted by atomic mass is 32.2. The minimum atomic E-state index is -0.346. The number of hydrogen-bond donors (Lipinski definition) is 3. The second-order valence-electron chi connectivity index (χ2n) is 7.01. The molecule has 0 fully saturated rings. The van der Waals surface area contributed by atoms with Crippen LogP contribution in [0.15, 0.2) is 88.6 Å². The Balaban J connectivity index is 2.36. The van der Waals surface area contributed by atoms with Gasteiger partial charge < -0.3 is 16.8 Å². The molecule has 1 aliphatic rings. The Hall–Kier alpha value is -2.57. The number of halogens is 1. The van der Waals surface area contributed by atoms with Gasteiger partial charge in [0.2, 0.25) is 0 Å². The van der Waals surface area contributed by atoms with Crippen LogP contribution in [-0.4, -0.2) is 25.1 Å². The van der Waals surface area contributed by atoms with Crippen molar-refractivity contribution in [3.8, 4) is 0 Å². The Morgan fingerprint density at radius 3 is 2.67 bits per heavy atom. The van der Waals surface area contributed by atoms with Crippen molar-refractivity contribution in [2.75, 3.05) is 19.3 Å². The third-order valence-electron chi connectivity index (χ3n) is 5.08. The molecule has 1 aromatic rings. The molecule has 2 rings (SSSR count). The number of hydrogen-bond acceptors (Lipinski definition) is 5. The first-order valence-corrected chi connectivity index (χ1v) is 10.9. The zero-order valence-electron chi connectivity index (χ0n) is 17.7. The van der Waals surface area contributed by atoms with Gasteiger partial charge in [-0.2, -0.15) is 0 Å². The molecule has 1 unspecified atom stereocenters. The lowest BCUT2D eigenvalue weighted by Crippen LogP contribution is -2.35. The molecule has 1 atom stereocenters. The van der Waals surface area contributed by atoms with E-state index in [9.17, 15) is 4.39 Å². The van der Waals surface area contributed by atoms with E-state index in [-0.39, 0.29) is 11.2 Å². The number of allylic oxidation sites excluding steroid dienone is 4. The third kappa shape index (κ3) is 5.97. The molecule has 0 radical (unpaired) electrons.